The SMILES string of the molecule is O=C(O)c1cc(NC(=O)C2[C@H](c3cc(Cl)c(Cl)c(Cl)c3)C2(Cl)Cl)cc(F)c1F. The molecule has 2 N–H and O–H groups in total. The second kappa shape index (κ2) is 7.50. The van der Waals surface area contributed by atoms with Crippen molar-refractivity contribution in [1.82, 2.24) is 0 Å². The van der Waals surface area contributed by atoms with Crippen LogP contribution < -0.4 is 5.32 Å². The standard InChI is InChI=1S/C17H8Cl5F2NO3/c18-8-1-5(2-9(19)13(8)20)11-12(17(11,21)22)15(26)25-6-3-7(16(27)28)14(24)10(23)4-6/h1-4,11-12H,(H,25,26)(H,27,28)/t11-,12?/m0/s1. The van der Waals surface area contributed by atoms with Crippen LogP contribution in [0.2, 0.25) is 15.1 Å². The van der Waals surface area contributed by atoms with Crippen LogP contribution in [0.25, 0.3) is 0 Å². The first kappa shape index (κ1) is 21.4. The van der Waals surface area contributed by atoms with E-state index in [0.29, 0.717) is 11.6 Å². The number of benzene rings is 2. The number of nitrogens with one attached hydrogen (secondary N) is 1. The zero-order valence-electron chi connectivity index (χ0n) is 13.4. The Bertz CT molecular complexity index is 992. The fourth-order valence-corrected chi connectivity index (χ4v) is 4.30. The molecule has 0 aromatic heterocycles. The van der Waals surface area contributed by atoms with Crippen molar-refractivity contribution in [2.24, 2.45) is 5.92 Å². The summed E-state index contributed by atoms with van der Waals surface area (Å²) in [6, 6.07) is 4.37. The Labute approximate surface area is 182 Å². The van der Waals surface area contributed by atoms with Crippen molar-refractivity contribution in [3.63, 3.8) is 0 Å². The third-order valence-electron chi connectivity index (χ3n) is 4.23. The van der Waals surface area contributed by atoms with Gasteiger partial charge in [-0.25, -0.2) is 13.6 Å². The van der Waals surface area contributed by atoms with Crippen LogP contribution >= 0.6 is 58.0 Å². The molecule has 0 saturated heterocycles. The second-order valence-electron chi connectivity index (χ2n) is 6.04. The predicted octanol–water partition coefficient (Wildman–Crippen LogP) is 6.15. The van der Waals surface area contributed by atoms with E-state index in [2.05, 4.69) is 5.32 Å². The fourth-order valence-electron chi connectivity index (χ4n) is 2.86. The van der Waals surface area contributed by atoms with E-state index in [1.807, 2.05) is 0 Å². The molecule has 148 valence electrons. The van der Waals surface area contributed by atoms with Crippen molar-refractivity contribution in [3.8, 4) is 0 Å². The predicted molar refractivity (Wildman–Crippen MR) is 104 cm³/mol. The molecule has 0 radical (unpaired) electrons. The van der Waals surface area contributed by atoms with Gasteiger partial charge in [0.1, 0.15) is 9.90 Å². The van der Waals surface area contributed by atoms with Crippen LogP contribution in [-0.2, 0) is 4.79 Å². The number of aromatic carboxylic acids is 1. The lowest BCUT2D eigenvalue weighted by Gasteiger charge is -2.08. The molecule has 4 nitrogen and oxygen atoms in total. The normalized spacial score (nSPS) is 20.0. The first-order valence-electron chi connectivity index (χ1n) is 7.50. The summed E-state index contributed by atoms with van der Waals surface area (Å²) >= 11 is 30.3. The number of amides is 1. The van der Waals surface area contributed by atoms with Crippen LogP contribution in [0.15, 0.2) is 24.3 Å². The summed E-state index contributed by atoms with van der Waals surface area (Å²) < 4.78 is 25.6. The highest BCUT2D eigenvalue weighted by Crippen LogP contribution is 2.65. The van der Waals surface area contributed by atoms with Crippen molar-refractivity contribution < 1.29 is 23.5 Å². The first-order chi connectivity index (χ1) is 12.9. The Balaban J connectivity index is 1.87. The van der Waals surface area contributed by atoms with Crippen molar-refractivity contribution in [2.45, 2.75) is 10.3 Å². The molecule has 1 amide bonds. The average molecular weight is 490 g/mol. The number of alkyl halides is 2. The van der Waals surface area contributed by atoms with Gasteiger partial charge in [0.05, 0.1) is 21.0 Å². The van der Waals surface area contributed by atoms with E-state index in [0.717, 1.165) is 6.07 Å². The number of hydrogen-bond donors (Lipinski definition) is 2. The lowest BCUT2D eigenvalue weighted by Crippen LogP contribution is -2.18. The van der Waals surface area contributed by atoms with E-state index in [-0.39, 0.29) is 20.8 Å². The van der Waals surface area contributed by atoms with Crippen LogP contribution in [0.4, 0.5) is 14.5 Å². The van der Waals surface area contributed by atoms with Gasteiger partial charge >= 0.3 is 5.97 Å². The largest absolute Gasteiger partial charge is 0.478 e. The Morgan fingerprint density at radius 1 is 1.04 bits per heavy atom. The van der Waals surface area contributed by atoms with Crippen LogP contribution in [0.1, 0.15) is 21.8 Å². The fraction of sp³-hybridized carbons (Fsp3) is 0.176. The minimum absolute atomic E-state index is 0.131. The van der Waals surface area contributed by atoms with Gasteiger partial charge in [-0.2, -0.15) is 0 Å². The topological polar surface area (TPSA) is 66.4 Å². The van der Waals surface area contributed by atoms with Gasteiger partial charge in [0, 0.05) is 17.7 Å². The van der Waals surface area contributed by atoms with Gasteiger partial charge in [0.15, 0.2) is 11.6 Å². The van der Waals surface area contributed by atoms with Gasteiger partial charge in [0.2, 0.25) is 5.91 Å². The summed E-state index contributed by atoms with van der Waals surface area (Å²) in [5.74, 6) is -7.06. The van der Waals surface area contributed by atoms with Crippen molar-refractivity contribution in [1.29, 1.82) is 0 Å². The van der Waals surface area contributed by atoms with E-state index < -0.39 is 45.2 Å². The van der Waals surface area contributed by atoms with E-state index in [4.69, 9.17) is 63.1 Å². The van der Waals surface area contributed by atoms with Crippen molar-refractivity contribution in [2.75, 3.05) is 5.32 Å². The Morgan fingerprint density at radius 2 is 1.61 bits per heavy atom. The molecular formula is C17H8Cl5F2NO3. The number of rotatable bonds is 4. The number of halogens is 7. The molecule has 1 unspecified atom stereocenters. The van der Waals surface area contributed by atoms with E-state index >= 15 is 0 Å². The molecular weight excluding hydrogens is 481 g/mol. The summed E-state index contributed by atoms with van der Waals surface area (Å²) in [7, 11) is 0. The lowest BCUT2D eigenvalue weighted by atomic mass is 10.1. The molecule has 0 spiro atoms. The molecule has 2 aromatic carbocycles. The molecule has 1 fully saturated rings. The molecule has 28 heavy (non-hydrogen) atoms. The maximum Gasteiger partial charge on any atom is 0.338 e. The van der Waals surface area contributed by atoms with E-state index in [1.165, 1.54) is 12.1 Å². The van der Waals surface area contributed by atoms with E-state index in [9.17, 15) is 18.4 Å². The van der Waals surface area contributed by atoms with Gasteiger partial charge < -0.3 is 10.4 Å². The smallest absolute Gasteiger partial charge is 0.338 e. The van der Waals surface area contributed by atoms with Gasteiger partial charge in [0.25, 0.3) is 0 Å². The maximum absolute atomic E-state index is 13.6. The second-order valence-corrected chi connectivity index (χ2v) is 8.68. The Morgan fingerprint density at radius 3 is 2.14 bits per heavy atom. The minimum atomic E-state index is -1.69. The molecule has 11 heteroatoms. The maximum atomic E-state index is 13.6. The zero-order valence-corrected chi connectivity index (χ0v) is 17.2. The zero-order chi connectivity index (χ0) is 21.0. The molecule has 2 atom stereocenters. The van der Waals surface area contributed by atoms with Gasteiger partial charge in [-0.3, -0.25) is 4.79 Å². The highest BCUT2D eigenvalue weighted by Gasteiger charge is 2.67. The quantitative estimate of drug-likeness (QED) is 0.400. The number of anilines is 1. The summed E-state index contributed by atoms with van der Waals surface area (Å²) in [5.41, 5.74) is -0.730. The van der Waals surface area contributed by atoms with Crippen LogP contribution in [0, 0.1) is 17.6 Å². The monoisotopic (exact) mass is 487 g/mol. The molecule has 2 aromatic rings. The highest BCUT2D eigenvalue weighted by atomic mass is 35.5. The number of carboxylic acid groups (broad SMARTS) is 1. The molecule has 1 saturated carbocycles. The van der Waals surface area contributed by atoms with Gasteiger partial charge in [-0.1, -0.05) is 34.8 Å². The van der Waals surface area contributed by atoms with E-state index in [1.54, 1.807) is 0 Å². The summed E-state index contributed by atoms with van der Waals surface area (Å²) in [5, 5.41) is 11.6. The Hall–Kier alpha value is -1.31. The van der Waals surface area contributed by atoms with Crippen LogP contribution in [0.5, 0.6) is 0 Å². The molecule has 0 heterocycles. The average Bonchev–Trinajstić information content (AvgIpc) is 3.17. The third kappa shape index (κ3) is 3.76. The molecule has 0 bridgehead atoms. The van der Waals surface area contributed by atoms with Crippen molar-refractivity contribution in [3.05, 3.63) is 62.1 Å². The summed E-state index contributed by atoms with van der Waals surface area (Å²) in [6.07, 6.45) is 0. The number of carbonyl (C=O) groups is 2. The first-order valence-corrected chi connectivity index (χ1v) is 9.39. The third-order valence-corrected chi connectivity index (χ3v) is 6.36. The minimum Gasteiger partial charge on any atom is -0.478 e. The van der Waals surface area contributed by atoms with Crippen molar-refractivity contribution >= 4 is 75.6 Å². The van der Waals surface area contributed by atoms with Crippen LogP contribution in [0.3, 0.4) is 0 Å². The molecule has 1 aliphatic rings. The van der Waals surface area contributed by atoms with Gasteiger partial charge in [-0.05, 0) is 23.8 Å². The molecule has 0 aliphatic heterocycles. The van der Waals surface area contributed by atoms with Crippen LogP contribution in [-0.4, -0.2) is 21.3 Å². The molecule has 1 aliphatic carbocycles. The number of carboxylic acids is 1. The Kier molecular flexibility index (Phi) is 5.73. The number of hydrogen-bond acceptors (Lipinski definition) is 2. The lowest BCUT2D eigenvalue weighted by molar-refractivity contribution is -0.117. The number of carbonyl (C=O) groups excluding carboxylic acids is 1. The molecule has 3 rings (SSSR count). The summed E-state index contributed by atoms with van der Waals surface area (Å²) in [4.78, 5) is 23.5. The van der Waals surface area contributed by atoms with Gasteiger partial charge in [-0.15, -0.1) is 23.2 Å². The summed E-state index contributed by atoms with van der Waals surface area (Å²) in [6.45, 7) is 0. The highest BCUT2D eigenvalue weighted by molar-refractivity contribution is 6.54.